The first-order valence-corrected chi connectivity index (χ1v) is 5.01. The molecular formula is C10H16N2O3. The zero-order valence-electron chi connectivity index (χ0n) is 9.06. The van der Waals surface area contributed by atoms with Crippen LogP contribution in [0.15, 0.2) is 10.8 Å². The van der Waals surface area contributed by atoms with Crippen molar-refractivity contribution in [2.75, 3.05) is 19.7 Å². The van der Waals surface area contributed by atoms with Crippen molar-refractivity contribution < 1.29 is 14.3 Å². The minimum absolute atomic E-state index is 0.0427. The molecule has 0 bridgehead atoms. The van der Waals surface area contributed by atoms with Gasteiger partial charge in [0.15, 0.2) is 6.39 Å². The van der Waals surface area contributed by atoms with E-state index in [2.05, 4.69) is 4.98 Å². The molecule has 1 aromatic rings. The number of carbonyl (C=O) groups excluding carboxylic acids is 1. The Morgan fingerprint density at radius 2 is 2.33 bits per heavy atom. The maximum absolute atomic E-state index is 11.9. The molecule has 0 radical (unpaired) electrons. The molecule has 0 aliphatic rings. The molecule has 15 heavy (non-hydrogen) atoms. The van der Waals surface area contributed by atoms with E-state index >= 15 is 0 Å². The molecule has 0 saturated carbocycles. The Kier molecular flexibility index (Phi) is 4.30. The fourth-order valence-electron chi connectivity index (χ4n) is 1.36. The maximum Gasteiger partial charge on any atom is 0.291 e. The molecule has 0 aliphatic carbocycles. The number of aliphatic hydroxyl groups is 1. The molecule has 1 aromatic heterocycles. The van der Waals surface area contributed by atoms with Crippen LogP contribution < -0.4 is 0 Å². The van der Waals surface area contributed by atoms with Crippen LogP contribution in [0.25, 0.3) is 0 Å². The number of amides is 1. The topological polar surface area (TPSA) is 66.6 Å². The molecule has 0 aliphatic heterocycles. The highest BCUT2D eigenvalue weighted by molar-refractivity contribution is 5.92. The van der Waals surface area contributed by atoms with Crippen LogP contribution in [-0.2, 0) is 0 Å². The van der Waals surface area contributed by atoms with Crippen molar-refractivity contribution in [3.8, 4) is 0 Å². The van der Waals surface area contributed by atoms with Crippen molar-refractivity contribution in [3.63, 3.8) is 0 Å². The zero-order chi connectivity index (χ0) is 11.3. The number of aryl methyl sites for hydroxylation is 1. The highest BCUT2D eigenvalue weighted by Gasteiger charge is 2.20. The zero-order valence-corrected chi connectivity index (χ0v) is 9.06. The third kappa shape index (κ3) is 2.79. The lowest BCUT2D eigenvalue weighted by Crippen LogP contribution is -2.34. The summed E-state index contributed by atoms with van der Waals surface area (Å²) in [4.78, 5) is 17.3. The standard InChI is InChI=1S/C10H16N2O3/c1-3-4-12(5-6-13)10(14)9-8(2)11-7-15-9/h7,13H,3-6H2,1-2H3. The molecule has 0 saturated heterocycles. The van der Waals surface area contributed by atoms with E-state index in [1.165, 1.54) is 6.39 Å². The van der Waals surface area contributed by atoms with Crippen LogP contribution in [0.4, 0.5) is 0 Å². The van der Waals surface area contributed by atoms with Crippen molar-refractivity contribution in [1.29, 1.82) is 0 Å². The lowest BCUT2D eigenvalue weighted by Gasteiger charge is -2.19. The van der Waals surface area contributed by atoms with Gasteiger partial charge in [0.05, 0.1) is 12.3 Å². The average Bonchev–Trinajstić information content (AvgIpc) is 2.63. The first kappa shape index (κ1) is 11.7. The van der Waals surface area contributed by atoms with Crippen LogP contribution in [0, 0.1) is 6.92 Å². The number of carbonyl (C=O) groups is 1. The first-order valence-electron chi connectivity index (χ1n) is 5.01. The normalized spacial score (nSPS) is 10.3. The number of hydrogen-bond donors (Lipinski definition) is 1. The van der Waals surface area contributed by atoms with Crippen molar-refractivity contribution >= 4 is 5.91 Å². The van der Waals surface area contributed by atoms with Gasteiger partial charge >= 0.3 is 0 Å². The monoisotopic (exact) mass is 212 g/mol. The smallest absolute Gasteiger partial charge is 0.291 e. The van der Waals surface area contributed by atoms with Gasteiger partial charge in [-0.2, -0.15) is 0 Å². The van der Waals surface area contributed by atoms with Crippen LogP contribution in [0.3, 0.4) is 0 Å². The van der Waals surface area contributed by atoms with Gasteiger partial charge in [-0.3, -0.25) is 4.79 Å². The molecule has 0 fully saturated rings. The second kappa shape index (κ2) is 5.50. The Morgan fingerprint density at radius 3 is 2.80 bits per heavy atom. The molecule has 5 heteroatoms. The minimum Gasteiger partial charge on any atom is -0.438 e. The average molecular weight is 212 g/mol. The number of hydrogen-bond acceptors (Lipinski definition) is 4. The molecule has 5 nitrogen and oxygen atoms in total. The summed E-state index contributed by atoms with van der Waals surface area (Å²) in [6, 6.07) is 0. The Morgan fingerprint density at radius 1 is 1.60 bits per heavy atom. The fourth-order valence-corrected chi connectivity index (χ4v) is 1.36. The SMILES string of the molecule is CCCN(CCO)C(=O)c1ocnc1C. The van der Waals surface area contributed by atoms with E-state index in [1.807, 2.05) is 6.92 Å². The molecule has 1 N–H and O–H groups in total. The van der Waals surface area contributed by atoms with Gasteiger partial charge in [-0.25, -0.2) is 4.98 Å². The summed E-state index contributed by atoms with van der Waals surface area (Å²) >= 11 is 0. The van der Waals surface area contributed by atoms with E-state index < -0.39 is 0 Å². The van der Waals surface area contributed by atoms with E-state index in [4.69, 9.17) is 9.52 Å². The van der Waals surface area contributed by atoms with Gasteiger partial charge in [-0.05, 0) is 13.3 Å². The molecule has 84 valence electrons. The van der Waals surface area contributed by atoms with E-state index in [1.54, 1.807) is 11.8 Å². The van der Waals surface area contributed by atoms with E-state index in [0.29, 0.717) is 18.8 Å². The van der Waals surface area contributed by atoms with Crippen molar-refractivity contribution in [2.24, 2.45) is 0 Å². The first-order chi connectivity index (χ1) is 7.20. The number of rotatable bonds is 5. The van der Waals surface area contributed by atoms with E-state index in [-0.39, 0.29) is 18.3 Å². The van der Waals surface area contributed by atoms with Gasteiger partial charge in [0.1, 0.15) is 0 Å². The minimum atomic E-state index is -0.207. The summed E-state index contributed by atoms with van der Waals surface area (Å²) in [6.45, 7) is 4.59. The van der Waals surface area contributed by atoms with Crippen LogP contribution in [0.2, 0.25) is 0 Å². The summed E-state index contributed by atoms with van der Waals surface area (Å²) in [5.41, 5.74) is 0.582. The van der Waals surface area contributed by atoms with Crippen LogP contribution in [0.1, 0.15) is 29.6 Å². The Bertz CT molecular complexity index is 316. The largest absolute Gasteiger partial charge is 0.438 e. The van der Waals surface area contributed by atoms with Gasteiger partial charge in [0, 0.05) is 13.1 Å². The van der Waals surface area contributed by atoms with Crippen molar-refractivity contribution in [2.45, 2.75) is 20.3 Å². The second-order valence-corrected chi connectivity index (χ2v) is 3.28. The predicted octanol–water partition coefficient (Wildman–Crippen LogP) is 0.828. The van der Waals surface area contributed by atoms with Crippen LogP contribution in [0.5, 0.6) is 0 Å². The lowest BCUT2D eigenvalue weighted by molar-refractivity contribution is 0.0689. The summed E-state index contributed by atoms with van der Waals surface area (Å²) < 4.78 is 5.02. The number of nitrogens with zero attached hydrogens (tertiary/aromatic N) is 2. The Hall–Kier alpha value is -1.36. The Labute approximate surface area is 88.7 Å². The second-order valence-electron chi connectivity index (χ2n) is 3.28. The van der Waals surface area contributed by atoms with Gasteiger partial charge in [-0.1, -0.05) is 6.92 Å². The quantitative estimate of drug-likeness (QED) is 0.785. The molecule has 0 spiro atoms. The predicted molar refractivity (Wildman–Crippen MR) is 54.5 cm³/mol. The highest BCUT2D eigenvalue weighted by atomic mass is 16.3. The molecular weight excluding hydrogens is 196 g/mol. The van der Waals surface area contributed by atoms with Crippen molar-refractivity contribution in [1.82, 2.24) is 9.88 Å². The van der Waals surface area contributed by atoms with Gasteiger partial charge in [0.2, 0.25) is 5.76 Å². The van der Waals surface area contributed by atoms with Crippen LogP contribution in [-0.4, -0.2) is 40.6 Å². The third-order valence-electron chi connectivity index (χ3n) is 2.09. The van der Waals surface area contributed by atoms with Crippen molar-refractivity contribution in [3.05, 3.63) is 17.8 Å². The summed E-state index contributed by atoms with van der Waals surface area (Å²) in [5, 5.41) is 8.84. The summed E-state index contributed by atoms with van der Waals surface area (Å²) in [5.74, 6) is 0.0535. The number of aromatic nitrogens is 1. The van der Waals surface area contributed by atoms with Gasteiger partial charge in [0.25, 0.3) is 5.91 Å². The third-order valence-corrected chi connectivity index (χ3v) is 2.09. The summed E-state index contributed by atoms with van der Waals surface area (Å²) in [7, 11) is 0. The van der Waals surface area contributed by atoms with E-state index in [0.717, 1.165) is 6.42 Å². The van der Waals surface area contributed by atoms with Gasteiger partial charge < -0.3 is 14.4 Å². The molecule has 1 heterocycles. The molecule has 1 amide bonds. The maximum atomic E-state index is 11.9. The van der Waals surface area contributed by atoms with E-state index in [9.17, 15) is 4.79 Å². The lowest BCUT2D eigenvalue weighted by atomic mass is 10.3. The molecule has 1 rings (SSSR count). The Balaban J connectivity index is 2.76. The van der Waals surface area contributed by atoms with Crippen LogP contribution >= 0.6 is 0 Å². The molecule has 0 aromatic carbocycles. The fraction of sp³-hybridized carbons (Fsp3) is 0.600. The number of oxazole rings is 1. The molecule has 0 unspecified atom stereocenters. The number of aliphatic hydroxyl groups excluding tert-OH is 1. The molecule has 0 atom stereocenters. The van der Waals surface area contributed by atoms with Gasteiger partial charge in [-0.15, -0.1) is 0 Å². The summed E-state index contributed by atoms with van der Waals surface area (Å²) in [6.07, 6.45) is 2.10. The highest BCUT2D eigenvalue weighted by Crippen LogP contribution is 2.09.